The number of halogens is 1. The van der Waals surface area contributed by atoms with Crippen LogP contribution in [-0.4, -0.2) is 60.8 Å². The highest BCUT2D eigenvalue weighted by atomic mass is 35.5. The lowest BCUT2D eigenvalue weighted by atomic mass is 10.1. The first-order valence-electron chi connectivity index (χ1n) is 12.9. The van der Waals surface area contributed by atoms with Crippen molar-refractivity contribution in [2.45, 2.75) is 58.8 Å². The number of rotatable bonds is 9. The third-order valence-corrected chi connectivity index (χ3v) is 12.4. The Hall–Kier alpha value is -2.88. The Bertz CT molecular complexity index is 1290. The summed E-state index contributed by atoms with van der Waals surface area (Å²) in [5, 5.41) is 5.36. The number of nitrogens with zero attached hydrogens (tertiary/aromatic N) is 5. The molecule has 0 spiro atoms. The zero-order valence-electron chi connectivity index (χ0n) is 23.4. The fraction of sp³-hybridized carbons (Fsp3) is 0.464. The molecule has 204 valence electrons. The Balaban J connectivity index is 1.49. The van der Waals surface area contributed by atoms with Crippen molar-refractivity contribution in [3.63, 3.8) is 0 Å². The maximum Gasteiger partial charge on any atom is 0.326 e. The van der Waals surface area contributed by atoms with Gasteiger partial charge >= 0.3 is 6.03 Å². The zero-order chi connectivity index (χ0) is 27.7. The molecule has 0 unspecified atom stereocenters. The number of carbonyl (C=O) groups is 1. The number of benzene rings is 1. The van der Waals surface area contributed by atoms with Gasteiger partial charge in [-0.1, -0.05) is 44.5 Å². The van der Waals surface area contributed by atoms with Gasteiger partial charge in [0.15, 0.2) is 14.1 Å². The van der Waals surface area contributed by atoms with Gasteiger partial charge in [0.2, 0.25) is 0 Å². The number of amides is 2. The van der Waals surface area contributed by atoms with Crippen molar-refractivity contribution in [1.82, 2.24) is 19.7 Å². The number of ether oxygens (including phenoxy) is 1. The third-order valence-electron chi connectivity index (χ3n) is 7.53. The van der Waals surface area contributed by atoms with Gasteiger partial charge in [-0.05, 0) is 55.2 Å². The van der Waals surface area contributed by atoms with Gasteiger partial charge in [-0.25, -0.2) is 14.5 Å². The molecule has 1 saturated heterocycles. The Morgan fingerprint density at radius 3 is 2.47 bits per heavy atom. The number of urea groups is 1. The van der Waals surface area contributed by atoms with Crippen molar-refractivity contribution >= 4 is 31.8 Å². The molecule has 0 bridgehead atoms. The Kier molecular flexibility index (Phi) is 8.20. The summed E-state index contributed by atoms with van der Waals surface area (Å²) in [5.41, 5.74) is 3.60. The SMILES string of the molecule is COc1ccc(CN2CCN(c3ccn(-c4cc(C)nc(Cl)c4CCO[Si](C)(C)C(C)(C)C)n3)C2=O)cc1. The topological polar surface area (TPSA) is 72.7 Å². The van der Waals surface area contributed by atoms with Crippen LogP contribution in [-0.2, 0) is 17.4 Å². The van der Waals surface area contributed by atoms with E-state index in [4.69, 9.17) is 25.9 Å². The normalized spacial score (nSPS) is 14.5. The number of aromatic nitrogens is 3. The molecule has 0 atom stereocenters. The van der Waals surface area contributed by atoms with Gasteiger partial charge in [-0.2, -0.15) is 0 Å². The second kappa shape index (κ2) is 11.1. The van der Waals surface area contributed by atoms with E-state index in [1.165, 1.54) is 0 Å². The molecule has 10 heteroatoms. The van der Waals surface area contributed by atoms with E-state index in [1.54, 1.807) is 16.7 Å². The van der Waals surface area contributed by atoms with Crippen LogP contribution in [0.5, 0.6) is 5.75 Å². The second-order valence-electron chi connectivity index (χ2n) is 11.2. The average molecular weight is 556 g/mol. The summed E-state index contributed by atoms with van der Waals surface area (Å²) in [6.45, 7) is 15.4. The molecule has 2 aromatic heterocycles. The van der Waals surface area contributed by atoms with Crippen LogP contribution in [0.2, 0.25) is 23.3 Å². The zero-order valence-corrected chi connectivity index (χ0v) is 25.2. The molecule has 0 aliphatic carbocycles. The average Bonchev–Trinajstić information content (AvgIpc) is 3.47. The van der Waals surface area contributed by atoms with Crippen molar-refractivity contribution in [3.05, 3.63) is 64.6 Å². The van der Waals surface area contributed by atoms with Gasteiger partial charge in [-0.3, -0.25) is 4.90 Å². The van der Waals surface area contributed by atoms with E-state index in [9.17, 15) is 4.79 Å². The predicted molar refractivity (Wildman–Crippen MR) is 154 cm³/mol. The highest BCUT2D eigenvalue weighted by Crippen LogP contribution is 2.37. The molecule has 0 radical (unpaired) electrons. The summed E-state index contributed by atoms with van der Waals surface area (Å²) in [5.74, 6) is 1.41. The molecule has 1 fully saturated rings. The van der Waals surface area contributed by atoms with E-state index in [2.05, 4.69) is 38.8 Å². The molecule has 8 nitrogen and oxygen atoms in total. The summed E-state index contributed by atoms with van der Waals surface area (Å²) in [4.78, 5) is 21.2. The fourth-order valence-electron chi connectivity index (χ4n) is 4.19. The van der Waals surface area contributed by atoms with Gasteiger partial charge in [-0.15, -0.1) is 5.10 Å². The monoisotopic (exact) mass is 555 g/mol. The van der Waals surface area contributed by atoms with E-state index in [0.717, 1.165) is 28.3 Å². The van der Waals surface area contributed by atoms with Crippen LogP contribution in [0.4, 0.5) is 10.6 Å². The Labute approximate surface area is 231 Å². The molecular formula is C28H38ClN5O3Si. The van der Waals surface area contributed by atoms with E-state index < -0.39 is 8.32 Å². The van der Waals surface area contributed by atoms with Crippen LogP contribution in [0.3, 0.4) is 0 Å². The molecule has 1 aliphatic heterocycles. The number of methoxy groups -OCH3 is 1. The molecule has 1 aromatic carbocycles. The fourth-order valence-corrected chi connectivity index (χ4v) is 5.56. The van der Waals surface area contributed by atoms with Crippen LogP contribution >= 0.6 is 11.6 Å². The highest BCUT2D eigenvalue weighted by molar-refractivity contribution is 6.74. The molecule has 3 aromatic rings. The molecule has 0 N–H and O–H groups in total. The minimum Gasteiger partial charge on any atom is -0.497 e. The smallest absolute Gasteiger partial charge is 0.326 e. The van der Waals surface area contributed by atoms with Gasteiger partial charge in [0.25, 0.3) is 0 Å². The summed E-state index contributed by atoms with van der Waals surface area (Å²) in [6, 6.07) is 11.6. The first kappa shape index (κ1) is 28.1. The van der Waals surface area contributed by atoms with Crippen LogP contribution < -0.4 is 9.64 Å². The number of hydrogen-bond acceptors (Lipinski definition) is 5. The summed E-state index contributed by atoms with van der Waals surface area (Å²) < 4.78 is 13.4. The maximum absolute atomic E-state index is 13.2. The van der Waals surface area contributed by atoms with Crippen LogP contribution in [0, 0.1) is 6.92 Å². The number of aryl methyl sites for hydroxylation is 1. The lowest BCUT2D eigenvalue weighted by Crippen LogP contribution is -2.41. The van der Waals surface area contributed by atoms with Gasteiger partial charge in [0.05, 0.1) is 12.8 Å². The van der Waals surface area contributed by atoms with Crippen LogP contribution in [0.1, 0.15) is 37.6 Å². The van der Waals surface area contributed by atoms with Crippen molar-refractivity contribution in [1.29, 1.82) is 0 Å². The van der Waals surface area contributed by atoms with Crippen LogP contribution in [0.25, 0.3) is 5.69 Å². The van der Waals surface area contributed by atoms with Crippen molar-refractivity contribution in [3.8, 4) is 11.4 Å². The summed E-state index contributed by atoms with van der Waals surface area (Å²) in [6.07, 6.45) is 2.50. The first-order chi connectivity index (χ1) is 17.9. The molecule has 4 rings (SSSR count). The van der Waals surface area contributed by atoms with E-state index in [-0.39, 0.29) is 11.1 Å². The van der Waals surface area contributed by atoms with Gasteiger partial charge in [0.1, 0.15) is 10.9 Å². The molecule has 2 amide bonds. The summed E-state index contributed by atoms with van der Waals surface area (Å²) in [7, 11) is -0.244. The number of anilines is 1. The first-order valence-corrected chi connectivity index (χ1v) is 16.2. The molecule has 0 saturated carbocycles. The van der Waals surface area contributed by atoms with E-state index in [0.29, 0.717) is 43.6 Å². The largest absolute Gasteiger partial charge is 0.497 e. The minimum absolute atomic E-state index is 0.0574. The second-order valence-corrected chi connectivity index (χ2v) is 16.4. The number of hydrogen-bond donors (Lipinski definition) is 0. The molecule has 38 heavy (non-hydrogen) atoms. The van der Waals surface area contributed by atoms with Gasteiger partial charge in [0, 0.05) is 49.8 Å². The van der Waals surface area contributed by atoms with Crippen LogP contribution in [0.15, 0.2) is 42.6 Å². The third kappa shape index (κ3) is 6.05. The molecule has 1 aliphatic rings. The minimum atomic E-state index is -1.89. The van der Waals surface area contributed by atoms with Crippen molar-refractivity contribution in [2.75, 3.05) is 31.7 Å². The Morgan fingerprint density at radius 2 is 1.82 bits per heavy atom. The summed E-state index contributed by atoms with van der Waals surface area (Å²) >= 11 is 6.62. The van der Waals surface area contributed by atoms with Gasteiger partial charge < -0.3 is 14.1 Å². The van der Waals surface area contributed by atoms with Crippen molar-refractivity contribution < 1.29 is 14.0 Å². The standard InChI is InChI=1S/C28H38ClN5O3Si/c1-20-18-24(23(26(29)30-20)13-17-37-38(6,7)28(2,3)4)34-14-12-25(31-34)33-16-15-32(27(33)35)19-21-8-10-22(36-5)11-9-21/h8-12,14,18H,13,15-17,19H2,1-7H3. The van der Waals surface area contributed by atoms with Crippen molar-refractivity contribution in [2.24, 2.45) is 0 Å². The van der Waals surface area contributed by atoms with E-state index in [1.807, 2.05) is 54.4 Å². The van der Waals surface area contributed by atoms with E-state index >= 15 is 0 Å². The maximum atomic E-state index is 13.2. The Morgan fingerprint density at radius 1 is 1.11 bits per heavy atom. The molecular weight excluding hydrogens is 518 g/mol. The lowest BCUT2D eigenvalue weighted by molar-refractivity contribution is 0.218. The number of carbonyl (C=O) groups excluding carboxylic acids is 1. The molecule has 3 heterocycles. The highest BCUT2D eigenvalue weighted by Gasteiger charge is 2.37. The number of pyridine rings is 1. The lowest BCUT2D eigenvalue weighted by Gasteiger charge is -2.36. The predicted octanol–water partition coefficient (Wildman–Crippen LogP) is 6.24. The quantitative estimate of drug-likeness (QED) is 0.231.